The van der Waals surface area contributed by atoms with Gasteiger partial charge in [-0.05, 0) is 12.8 Å². The summed E-state index contributed by atoms with van der Waals surface area (Å²) >= 11 is 5.94. The Labute approximate surface area is 91.5 Å². The third-order valence-electron chi connectivity index (χ3n) is 2.92. The number of hydrogen-bond donors (Lipinski definition) is 1. The Bertz CT molecular complexity index is 504. The van der Waals surface area contributed by atoms with Gasteiger partial charge in [0.1, 0.15) is 11.3 Å². The SMILES string of the molecule is O[C@H]1C[C@@H](c2ncc3c(Cl)nccn32)C1. The highest BCUT2D eigenvalue weighted by molar-refractivity contribution is 6.32. The van der Waals surface area contributed by atoms with Gasteiger partial charge in [0.2, 0.25) is 0 Å². The first-order valence-corrected chi connectivity index (χ1v) is 5.29. The molecule has 1 saturated carbocycles. The second-order valence-corrected chi connectivity index (χ2v) is 4.27. The van der Waals surface area contributed by atoms with Gasteiger partial charge in [0, 0.05) is 18.3 Å². The minimum absolute atomic E-state index is 0.167. The number of imidazole rings is 1. The summed E-state index contributed by atoms with van der Waals surface area (Å²) in [5.74, 6) is 1.32. The second-order valence-electron chi connectivity index (χ2n) is 3.91. The maximum absolute atomic E-state index is 9.27. The summed E-state index contributed by atoms with van der Waals surface area (Å²) in [5.41, 5.74) is 0.829. The van der Waals surface area contributed by atoms with Crippen molar-refractivity contribution < 1.29 is 5.11 Å². The van der Waals surface area contributed by atoms with Crippen LogP contribution >= 0.6 is 11.6 Å². The molecule has 0 radical (unpaired) electrons. The quantitative estimate of drug-likeness (QED) is 0.799. The maximum atomic E-state index is 9.27. The smallest absolute Gasteiger partial charge is 0.154 e. The van der Waals surface area contributed by atoms with E-state index in [4.69, 9.17) is 11.6 Å². The topological polar surface area (TPSA) is 50.4 Å². The van der Waals surface area contributed by atoms with Crippen molar-refractivity contribution in [3.8, 4) is 0 Å². The first kappa shape index (κ1) is 9.12. The van der Waals surface area contributed by atoms with Crippen LogP contribution in [0.25, 0.3) is 5.52 Å². The van der Waals surface area contributed by atoms with E-state index < -0.39 is 0 Å². The molecule has 1 aliphatic carbocycles. The minimum Gasteiger partial charge on any atom is -0.393 e. The Morgan fingerprint density at radius 3 is 2.93 bits per heavy atom. The summed E-state index contributed by atoms with van der Waals surface area (Å²) in [5, 5.41) is 9.74. The second kappa shape index (κ2) is 3.18. The van der Waals surface area contributed by atoms with Crippen LogP contribution in [0, 0.1) is 0 Å². The molecule has 0 aromatic carbocycles. The van der Waals surface area contributed by atoms with Gasteiger partial charge < -0.3 is 5.11 Å². The van der Waals surface area contributed by atoms with Gasteiger partial charge in [-0.1, -0.05) is 11.6 Å². The normalized spacial score (nSPS) is 25.5. The van der Waals surface area contributed by atoms with Gasteiger partial charge >= 0.3 is 0 Å². The van der Waals surface area contributed by atoms with Gasteiger partial charge in [-0.25, -0.2) is 9.97 Å². The van der Waals surface area contributed by atoms with Crippen LogP contribution in [-0.4, -0.2) is 25.6 Å². The maximum Gasteiger partial charge on any atom is 0.154 e. The van der Waals surface area contributed by atoms with E-state index in [0.29, 0.717) is 11.1 Å². The van der Waals surface area contributed by atoms with Crippen molar-refractivity contribution in [3.63, 3.8) is 0 Å². The third kappa shape index (κ3) is 1.33. The number of rotatable bonds is 1. The average molecular weight is 224 g/mol. The Hall–Kier alpha value is -1.13. The van der Waals surface area contributed by atoms with E-state index >= 15 is 0 Å². The molecule has 1 fully saturated rings. The molecule has 3 rings (SSSR count). The zero-order chi connectivity index (χ0) is 10.4. The predicted octanol–water partition coefficient (Wildman–Crippen LogP) is 1.62. The molecule has 1 aliphatic rings. The Balaban J connectivity index is 2.09. The minimum atomic E-state index is -0.167. The molecule has 0 bridgehead atoms. The number of aromatic nitrogens is 3. The molecule has 0 amide bonds. The van der Waals surface area contributed by atoms with Gasteiger partial charge in [-0.15, -0.1) is 0 Å². The number of nitrogens with zero attached hydrogens (tertiary/aromatic N) is 3. The Morgan fingerprint density at radius 2 is 2.20 bits per heavy atom. The molecular formula is C10H10ClN3O. The number of halogens is 1. The lowest BCUT2D eigenvalue weighted by Crippen LogP contribution is -2.27. The fraction of sp³-hybridized carbons (Fsp3) is 0.400. The zero-order valence-corrected chi connectivity index (χ0v) is 8.72. The van der Waals surface area contributed by atoms with Gasteiger partial charge in [0.25, 0.3) is 0 Å². The molecule has 4 nitrogen and oxygen atoms in total. The fourth-order valence-electron chi connectivity index (χ4n) is 2.02. The molecule has 0 unspecified atom stereocenters. The fourth-order valence-corrected chi connectivity index (χ4v) is 2.21. The molecule has 2 heterocycles. The Kier molecular flexibility index (Phi) is 1.94. The summed E-state index contributed by atoms with van der Waals surface area (Å²) in [4.78, 5) is 8.33. The third-order valence-corrected chi connectivity index (χ3v) is 3.21. The van der Waals surface area contributed by atoms with Crippen molar-refractivity contribution in [2.45, 2.75) is 24.9 Å². The highest BCUT2D eigenvalue weighted by Gasteiger charge is 2.31. The van der Waals surface area contributed by atoms with Crippen molar-refractivity contribution in [3.05, 3.63) is 29.6 Å². The van der Waals surface area contributed by atoms with E-state index in [1.165, 1.54) is 0 Å². The van der Waals surface area contributed by atoms with Crippen LogP contribution in [-0.2, 0) is 0 Å². The summed E-state index contributed by atoms with van der Waals surface area (Å²) < 4.78 is 1.95. The van der Waals surface area contributed by atoms with Crippen LogP contribution in [0.4, 0.5) is 0 Å². The van der Waals surface area contributed by atoms with Crippen molar-refractivity contribution in [2.24, 2.45) is 0 Å². The zero-order valence-electron chi connectivity index (χ0n) is 7.97. The van der Waals surface area contributed by atoms with Crippen molar-refractivity contribution >= 4 is 17.1 Å². The molecule has 0 spiro atoms. The number of aliphatic hydroxyl groups is 1. The van der Waals surface area contributed by atoms with Crippen molar-refractivity contribution in [1.29, 1.82) is 0 Å². The predicted molar refractivity (Wildman–Crippen MR) is 56.0 cm³/mol. The van der Waals surface area contributed by atoms with Gasteiger partial charge in [-0.2, -0.15) is 0 Å². The summed E-state index contributed by atoms with van der Waals surface area (Å²) in [7, 11) is 0. The van der Waals surface area contributed by atoms with Crippen LogP contribution < -0.4 is 0 Å². The lowest BCUT2D eigenvalue weighted by atomic mass is 9.82. The molecular weight excluding hydrogens is 214 g/mol. The number of hydrogen-bond acceptors (Lipinski definition) is 3. The van der Waals surface area contributed by atoms with E-state index in [2.05, 4.69) is 9.97 Å². The molecule has 1 N–H and O–H groups in total. The molecule has 0 aliphatic heterocycles. The van der Waals surface area contributed by atoms with E-state index in [9.17, 15) is 5.11 Å². The van der Waals surface area contributed by atoms with Crippen LogP contribution in [0.3, 0.4) is 0 Å². The first-order valence-electron chi connectivity index (χ1n) is 4.91. The van der Waals surface area contributed by atoms with Crippen molar-refractivity contribution in [1.82, 2.24) is 14.4 Å². The van der Waals surface area contributed by atoms with E-state index in [1.807, 2.05) is 10.6 Å². The standard InChI is InChI=1S/C10H10ClN3O/c11-9-8-5-13-10(6-3-7(15)4-6)14(8)2-1-12-9/h1-2,5-7,15H,3-4H2/t6-,7+. The highest BCUT2D eigenvalue weighted by atomic mass is 35.5. The van der Waals surface area contributed by atoms with Gasteiger partial charge in [-0.3, -0.25) is 4.40 Å². The van der Waals surface area contributed by atoms with Crippen LogP contribution in [0.5, 0.6) is 0 Å². The molecule has 0 saturated heterocycles. The molecule has 5 heteroatoms. The van der Waals surface area contributed by atoms with E-state index in [1.54, 1.807) is 12.4 Å². The average Bonchev–Trinajstić information content (AvgIpc) is 2.58. The summed E-state index contributed by atoms with van der Waals surface area (Å²) in [6, 6.07) is 0. The molecule has 2 aromatic heterocycles. The number of aliphatic hydroxyl groups excluding tert-OH is 1. The van der Waals surface area contributed by atoms with E-state index in [-0.39, 0.29) is 6.10 Å². The largest absolute Gasteiger partial charge is 0.393 e. The van der Waals surface area contributed by atoms with Gasteiger partial charge in [0.05, 0.1) is 12.3 Å². The first-order chi connectivity index (χ1) is 7.25. The van der Waals surface area contributed by atoms with Crippen LogP contribution in [0.1, 0.15) is 24.6 Å². The molecule has 15 heavy (non-hydrogen) atoms. The van der Waals surface area contributed by atoms with Crippen LogP contribution in [0.2, 0.25) is 5.15 Å². The Morgan fingerprint density at radius 1 is 1.40 bits per heavy atom. The van der Waals surface area contributed by atoms with Gasteiger partial charge in [0.15, 0.2) is 5.15 Å². The lowest BCUT2D eigenvalue weighted by molar-refractivity contribution is 0.0715. The van der Waals surface area contributed by atoms with Crippen LogP contribution in [0.15, 0.2) is 18.6 Å². The summed E-state index contributed by atoms with van der Waals surface area (Å²) in [6.07, 6.45) is 6.66. The monoisotopic (exact) mass is 223 g/mol. The van der Waals surface area contributed by atoms with Crippen molar-refractivity contribution in [2.75, 3.05) is 0 Å². The molecule has 78 valence electrons. The number of fused-ring (bicyclic) bond motifs is 1. The van der Waals surface area contributed by atoms with E-state index in [0.717, 1.165) is 24.2 Å². The summed E-state index contributed by atoms with van der Waals surface area (Å²) in [6.45, 7) is 0. The molecule has 2 aromatic rings. The highest BCUT2D eigenvalue weighted by Crippen LogP contribution is 2.36. The lowest BCUT2D eigenvalue weighted by Gasteiger charge is -2.30. The molecule has 0 atom stereocenters.